The zero-order valence-electron chi connectivity index (χ0n) is 9.48. The van der Waals surface area contributed by atoms with Gasteiger partial charge in [0.15, 0.2) is 0 Å². The van der Waals surface area contributed by atoms with Gasteiger partial charge in [-0.2, -0.15) is 0 Å². The number of carbonyl (C=O) groups is 1. The van der Waals surface area contributed by atoms with Crippen molar-refractivity contribution in [1.29, 1.82) is 0 Å². The zero-order chi connectivity index (χ0) is 10.8. The van der Waals surface area contributed by atoms with Crippen LogP contribution in [0.15, 0.2) is 0 Å². The van der Waals surface area contributed by atoms with E-state index < -0.39 is 0 Å². The number of aliphatic hydroxyl groups is 1. The molecule has 3 heteroatoms. The fraction of sp³-hybridized carbons (Fsp3) is 0.917. The van der Waals surface area contributed by atoms with Gasteiger partial charge in [-0.05, 0) is 18.8 Å². The van der Waals surface area contributed by atoms with Gasteiger partial charge in [0.1, 0.15) is 0 Å². The van der Waals surface area contributed by atoms with Crippen LogP contribution in [0.1, 0.15) is 39.0 Å². The predicted octanol–water partition coefficient (Wildman–Crippen LogP) is 1.41. The third-order valence-corrected chi connectivity index (χ3v) is 3.97. The van der Waals surface area contributed by atoms with Crippen LogP contribution < -0.4 is 0 Å². The summed E-state index contributed by atoms with van der Waals surface area (Å²) in [5.41, 5.74) is 0. The molecule has 1 aliphatic carbocycles. The summed E-state index contributed by atoms with van der Waals surface area (Å²) in [5, 5.41) is 10.2. The van der Waals surface area contributed by atoms with Gasteiger partial charge < -0.3 is 10.0 Å². The van der Waals surface area contributed by atoms with Crippen LogP contribution in [0.25, 0.3) is 0 Å². The molecule has 1 aliphatic heterocycles. The van der Waals surface area contributed by atoms with E-state index in [2.05, 4.69) is 0 Å². The molecular weight excluding hydrogens is 190 g/mol. The minimum atomic E-state index is -0.166. The Morgan fingerprint density at radius 1 is 1.20 bits per heavy atom. The number of hydrogen-bond donors (Lipinski definition) is 1. The molecule has 0 radical (unpaired) electrons. The van der Waals surface area contributed by atoms with E-state index in [1.165, 1.54) is 32.1 Å². The average molecular weight is 211 g/mol. The summed E-state index contributed by atoms with van der Waals surface area (Å²) in [6, 6.07) is 0. The van der Waals surface area contributed by atoms with Crippen LogP contribution in [-0.2, 0) is 4.79 Å². The summed E-state index contributed by atoms with van der Waals surface area (Å²) in [4.78, 5) is 12.8. The molecule has 2 rings (SSSR count). The van der Waals surface area contributed by atoms with Gasteiger partial charge in [0.2, 0.25) is 5.91 Å². The third kappa shape index (κ3) is 2.33. The van der Waals surface area contributed by atoms with Crippen LogP contribution in [0.4, 0.5) is 0 Å². The summed E-state index contributed by atoms with van der Waals surface area (Å²) in [5.74, 6) is 0.983. The topological polar surface area (TPSA) is 40.5 Å². The summed E-state index contributed by atoms with van der Waals surface area (Å²) in [7, 11) is 0. The van der Waals surface area contributed by atoms with Crippen molar-refractivity contribution in [1.82, 2.24) is 4.90 Å². The first-order chi connectivity index (χ1) is 7.18. The number of aliphatic hydroxyl groups excluding tert-OH is 1. The van der Waals surface area contributed by atoms with Gasteiger partial charge >= 0.3 is 0 Å². The lowest BCUT2D eigenvalue weighted by atomic mass is 9.78. The number of hydrogen-bond acceptors (Lipinski definition) is 2. The Kier molecular flexibility index (Phi) is 3.29. The first kappa shape index (κ1) is 10.9. The van der Waals surface area contributed by atoms with Crippen LogP contribution in [0.5, 0.6) is 0 Å². The van der Waals surface area contributed by atoms with Crippen LogP contribution >= 0.6 is 0 Å². The number of likely N-dealkylation sites (tertiary alicyclic amines) is 1. The van der Waals surface area contributed by atoms with E-state index in [0.717, 1.165) is 13.1 Å². The second-order valence-electron chi connectivity index (χ2n) is 5.07. The smallest absolute Gasteiger partial charge is 0.219 e. The van der Waals surface area contributed by atoms with Crippen molar-refractivity contribution in [3.8, 4) is 0 Å². The highest BCUT2D eigenvalue weighted by Gasteiger charge is 2.37. The standard InChI is InChI=1S/C12H21NO2/c1-9(14)13-7-11(8-13)12(15)10-5-3-2-4-6-10/h10-12,15H,2-8H2,1H3. The molecule has 0 spiro atoms. The van der Waals surface area contributed by atoms with Gasteiger partial charge in [-0.1, -0.05) is 19.3 Å². The van der Waals surface area contributed by atoms with Crippen LogP contribution in [0.3, 0.4) is 0 Å². The van der Waals surface area contributed by atoms with Crippen LogP contribution in [0.2, 0.25) is 0 Å². The first-order valence-corrected chi connectivity index (χ1v) is 6.12. The fourth-order valence-electron chi connectivity index (χ4n) is 2.85. The van der Waals surface area contributed by atoms with Crippen molar-refractivity contribution in [3.63, 3.8) is 0 Å². The van der Waals surface area contributed by atoms with Crippen molar-refractivity contribution in [2.75, 3.05) is 13.1 Å². The van der Waals surface area contributed by atoms with Crippen molar-refractivity contribution >= 4 is 5.91 Å². The Labute approximate surface area is 91.5 Å². The lowest BCUT2D eigenvalue weighted by Gasteiger charge is -2.44. The van der Waals surface area contributed by atoms with Crippen LogP contribution in [0, 0.1) is 11.8 Å². The van der Waals surface area contributed by atoms with Gasteiger partial charge in [-0.25, -0.2) is 0 Å². The van der Waals surface area contributed by atoms with Gasteiger partial charge in [-0.3, -0.25) is 4.79 Å². The SMILES string of the molecule is CC(=O)N1CC(C(O)C2CCCCC2)C1. The second kappa shape index (κ2) is 4.52. The highest BCUT2D eigenvalue weighted by Crippen LogP contribution is 2.32. The number of nitrogens with zero attached hydrogens (tertiary/aromatic N) is 1. The molecule has 0 aromatic rings. The molecule has 1 saturated carbocycles. The molecule has 86 valence electrons. The van der Waals surface area contributed by atoms with E-state index in [-0.39, 0.29) is 12.0 Å². The summed E-state index contributed by atoms with van der Waals surface area (Å²) >= 11 is 0. The maximum Gasteiger partial charge on any atom is 0.219 e. The maximum atomic E-state index is 11.0. The van der Waals surface area contributed by atoms with Crippen LogP contribution in [-0.4, -0.2) is 35.1 Å². The average Bonchev–Trinajstić information content (AvgIpc) is 2.16. The van der Waals surface area contributed by atoms with Crippen molar-refractivity contribution < 1.29 is 9.90 Å². The highest BCUT2D eigenvalue weighted by molar-refractivity contribution is 5.74. The molecule has 0 aromatic heterocycles. The van der Waals surface area contributed by atoms with Crippen molar-refractivity contribution in [2.24, 2.45) is 11.8 Å². The molecule has 0 bridgehead atoms. The van der Waals surface area contributed by atoms with E-state index in [9.17, 15) is 9.90 Å². The Morgan fingerprint density at radius 3 is 2.33 bits per heavy atom. The third-order valence-electron chi connectivity index (χ3n) is 3.97. The molecule has 15 heavy (non-hydrogen) atoms. The second-order valence-corrected chi connectivity index (χ2v) is 5.07. The highest BCUT2D eigenvalue weighted by atomic mass is 16.3. The Bertz CT molecular complexity index is 230. The van der Waals surface area contributed by atoms with E-state index in [4.69, 9.17) is 0 Å². The molecule has 1 saturated heterocycles. The summed E-state index contributed by atoms with van der Waals surface area (Å²) in [6.07, 6.45) is 6.06. The van der Waals surface area contributed by atoms with Gasteiger partial charge in [0.25, 0.3) is 0 Å². The van der Waals surface area contributed by atoms with Crippen molar-refractivity contribution in [2.45, 2.75) is 45.1 Å². The quantitative estimate of drug-likeness (QED) is 0.750. The Balaban J connectivity index is 1.77. The largest absolute Gasteiger partial charge is 0.392 e. The lowest BCUT2D eigenvalue weighted by Crippen LogP contribution is -2.55. The molecule has 1 unspecified atom stereocenters. The van der Waals surface area contributed by atoms with Gasteiger partial charge in [0.05, 0.1) is 6.10 Å². The van der Waals surface area contributed by atoms with E-state index >= 15 is 0 Å². The molecule has 1 atom stereocenters. The Morgan fingerprint density at radius 2 is 1.80 bits per heavy atom. The molecule has 1 heterocycles. The molecular formula is C12H21NO2. The normalized spacial score (nSPS) is 26.1. The van der Waals surface area contributed by atoms with Gasteiger partial charge in [-0.15, -0.1) is 0 Å². The maximum absolute atomic E-state index is 11.0. The van der Waals surface area contributed by atoms with E-state index in [0.29, 0.717) is 11.8 Å². The fourth-order valence-corrected chi connectivity index (χ4v) is 2.85. The van der Waals surface area contributed by atoms with E-state index in [1.807, 2.05) is 4.90 Å². The Hall–Kier alpha value is -0.570. The monoisotopic (exact) mass is 211 g/mol. The number of carbonyl (C=O) groups excluding carboxylic acids is 1. The number of amides is 1. The first-order valence-electron chi connectivity index (χ1n) is 6.12. The summed E-state index contributed by atoms with van der Waals surface area (Å²) < 4.78 is 0. The lowest BCUT2D eigenvalue weighted by molar-refractivity contribution is -0.139. The number of rotatable bonds is 2. The molecule has 0 aromatic carbocycles. The minimum Gasteiger partial charge on any atom is -0.392 e. The minimum absolute atomic E-state index is 0.141. The van der Waals surface area contributed by atoms with Crippen molar-refractivity contribution in [3.05, 3.63) is 0 Å². The zero-order valence-corrected chi connectivity index (χ0v) is 9.48. The molecule has 2 aliphatic rings. The molecule has 3 nitrogen and oxygen atoms in total. The molecule has 1 amide bonds. The molecule has 2 fully saturated rings. The predicted molar refractivity (Wildman–Crippen MR) is 58.3 cm³/mol. The van der Waals surface area contributed by atoms with Gasteiger partial charge in [0, 0.05) is 25.9 Å². The summed E-state index contributed by atoms with van der Waals surface area (Å²) in [6.45, 7) is 3.14. The molecule has 1 N–H and O–H groups in total. The van der Waals surface area contributed by atoms with E-state index in [1.54, 1.807) is 6.92 Å².